The maximum Gasteiger partial charge on any atom is 0.328 e. The molecule has 1 radical (unpaired) electrons. The number of phenolic OH excluding ortho intramolecular Hbond substituents is 10. The summed E-state index contributed by atoms with van der Waals surface area (Å²) in [5, 5.41) is 131. The fraction of sp³-hybridized carbons (Fsp3) is 0. The number of benzene rings is 5. The first kappa shape index (κ1) is 56.7. The van der Waals surface area contributed by atoms with Crippen molar-refractivity contribution in [2.75, 3.05) is 0 Å². The summed E-state index contributed by atoms with van der Waals surface area (Å²) in [6.07, 6.45) is 11.4. The molecule has 20 nitrogen and oxygen atoms in total. The van der Waals surface area contributed by atoms with Gasteiger partial charge in [0.05, 0.1) is 0 Å². The van der Waals surface area contributed by atoms with E-state index in [-0.39, 0.29) is 76.1 Å². The van der Waals surface area contributed by atoms with Gasteiger partial charge in [0.1, 0.15) is 0 Å². The van der Waals surface area contributed by atoms with Gasteiger partial charge in [-0.15, -0.1) is 0 Å². The van der Waals surface area contributed by atoms with Crippen molar-refractivity contribution in [1.82, 2.24) is 0 Å². The second-order valence-electron chi connectivity index (χ2n) is 12.1. The van der Waals surface area contributed by atoms with Crippen LogP contribution < -0.4 is 0 Å². The fourth-order valence-electron chi connectivity index (χ4n) is 4.06. The molecule has 66 heavy (non-hydrogen) atoms. The second kappa shape index (κ2) is 29.1. The third-order valence-electron chi connectivity index (χ3n) is 7.09. The van der Waals surface area contributed by atoms with E-state index in [0.29, 0.717) is 27.8 Å². The molecule has 21 heteroatoms. The predicted octanol–water partition coefficient (Wildman–Crippen LogP) is 5.98. The molecule has 0 bridgehead atoms. The molecule has 0 aromatic heterocycles. The minimum atomic E-state index is -1.06. The average molecular weight is 952 g/mol. The van der Waals surface area contributed by atoms with Gasteiger partial charge in [-0.05, 0) is 119 Å². The Balaban J connectivity index is 0.000000797. The standard InChI is InChI=1S/5C9H8O4.V/c5*10-7-3-1-6(5-8(7)11)2-4-9(12)13;/h5*1-5,10-11H,(H,12,13);/b5*4-2+;. The van der Waals surface area contributed by atoms with Gasteiger partial charge in [-0.25, -0.2) is 24.0 Å². The van der Waals surface area contributed by atoms with E-state index in [4.69, 9.17) is 76.6 Å². The molecule has 0 atom stereocenters. The number of carboxylic acid groups (broad SMARTS) is 5. The molecular formula is C45H40O20V. The Morgan fingerprint density at radius 1 is 0.258 bits per heavy atom. The van der Waals surface area contributed by atoms with Crippen LogP contribution in [-0.2, 0) is 42.5 Å². The Labute approximate surface area is 384 Å². The van der Waals surface area contributed by atoms with Gasteiger partial charge in [-0.1, -0.05) is 30.3 Å². The third kappa shape index (κ3) is 24.2. The van der Waals surface area contributed by atoms with Gasteiger partial charge in [0.15, 0.2) is 57.5 Å². The average Bonchev–Trinajstić information content (AvgIpc) is 3.24. The van der Waals surface area contributed by atoms with Crippen LogP contribution in [0.15, 0.2) is 121 Å². The SMILES string of the molecule is O=C(O)/C=C/c1ccc(O)c(O)c1.O=C(O)/C=C/c1ccc(O)c(O)c1.O=C(O)/C=C/c1ccc(O)c(O)c1.O=C(O)/C=C/c1ccc(O)c(O)c1.O=C(O)/C=C/c1ccc(O)c(O)c1.[V]. The molecule has 0 spiro atoms. The summed E-state index contributed by atoms with van der Waals surface area (Å²) < 4.78 is 0. The largest absolute Gasteiger partial charge is 0.504 e. The van der Waals surface area contributed by atoms with Crippen molar-refractivity contribution in [3.63, 3.8) is 0 Å². The predicted molar refractivity (Wildman–Crippen MR) is 232 cm³/mol. The van der Waals surface area contributed by atoms with Crippen LogP contribution in [0.25, 0.3) is 30.4 Å². The van der Waals surface area contributed by atoms with Crippen LogP contribution in [0.3, 0.4) is 0 Å². The van der Waals surface area contributed by atoms with Crippen LogP contribution in [0.2, 0.25) is 0 Å². The van der Waals surface area contributed by atoms with Gasteiger partial charge in [0.25, 0.3) is 0 Å². The summed E-state index contributed by atoms with van der Waals surface area (Å²) in [6.45, 7) is 0. The van der Waals surface area contributed by atoms with Crippen molar-refractivity contribution in [2.45, 2.75) is 0 Å². The minimum absolute atomic E-state index is 0. The number of carboxylic acids is 5. The molecule has 5 aromatic rings. The van der Waals surface area contributed by atoms with Crippen LogP contribution in [0, 0.1) is 0 Å². The van der Waals surface area contributed by atoms with Gasteiger partial charge in [-0.2, -0.15) is 0 Å². The van der Waals surface area contributed by atoms with Crippen LogP contribution in [0.4, 0.5) is 0 Å². The molecule has 345 valence electrons. The molecule has 0 saturated heterocycles. The van der Waals surface area contributed by atoms with Gasteiger partial charge < -0.3 is 76.6 Å². The Hall–Kier alpha value is -9.27. The summed E-state index contributed by atoms with van der Waals surface area (Å²) in [4.78, 5) is 50.6. The van der Waals surface area contributed by atoms with E-state index in [1.165, 1.54) is 121 Å². The molecule has 0 saturated carbocycles. The number of phenols is 10. The van der Waals surface area contributed by atoms with Gasteiger partial charge in [-0.3, -0.25) is 0 Å². The Kier molecular flexibility index (Phi) is 25.0. The minimum Gasteiger partial charge on any atom is -0.504 e. The molecule has 0 amide bonds. The van der Waals surface area contributed by atoms with Crippen molar-refractivity contribution in [3.05, 3.63) is 149 Å². The molecule has 0 aliphatic rings. The van der Waals surface area contributed by atoms with Crippen molar-refractivity contribution in [3.8, 4) is 57.5 Å². The molecule has 0 unspecified atom stereocenters. The van der Waals surface area contributed by atoms with Crippen molar-refractivity contribution in [1.29, 1.82) is 0 Å². The monoisotopic (exact) mass is 951 g/mol. The van der Waals surface area contributed by atoms with Gasteiger partial charge >= 0.3 is 29.8 Å². The summed E-state index contributed by atoms with van der Waals surface area (Å²) in [7, 11) is 0. The Morgan fingerprint density at radius 2 is 0.394 bits per heavy atom. The normalized spacial score (nSPS) is 10.3. The quantitative estimate of drug-likeness (QED) is 0.0565. The Morgan fingerprint density at radius 3 is 0.500 bits per heavy atom. The van der Waals surface area contributed by atoms with E-state index in [1.54, 1.807) is 0 Å². The van der Waals surface area contributed by atoms with E-state index in [9.17, 15) is 24.0 Å². The number of rotatable bonds is 10. The maximum atomic E-state index is 10.1. The maximum absolute atomic E-state index is 10.1. The summed E-state index contributed by atoms with van der Waals surface area (Å²) >= 11 is 0. The zero-order valence-electron chi connectivity index (χ0n) is 33.6. The van der Waals surface area contributed by atoms with Crippen molar-refractivity contribution in [2.24, 2.45) is 0 Å². The van der Waals surface area contributed by atoms with Crippen LogP contribution in [0.5, 0.6) is 57.5 Å². The van der Waals surface area contributed by atoms with E-state index in [1.807, 2.05) is 0 Å². The fourth-order valence-corrected chi connectivity index (χ4v) is 4.06. The molecule has 0 aliphatic heterocycles. The third-order valence-corrected chi connectivity index (χ3v) is 7.09. The van der Waals surface area contributed by atoms with E-state index in [0.717, 1.165) is 30.4 Å². The molecule has 15 N–H and O–H groups in total. The van der Waals surface area contributed by atoms with E-state index in [2.05, 4.69) is 0 Å². The van der Waals surface area contributed by atoms with E-state index >= 15 is 0 Å². The van der Waals surface area contributed by atoms with Gasteiger partial charge in [0, 0.05) is 48.9 Å². The first-order valence-corrected chi connectivity index (χ1v) is 17.6. The molecule has 0 aliphatic carbocycles. The molecular weight excluding hydrogens is 911 g/mol. The zero-order valence-corrected chi connectivity index (χ0v) is 35.0. The van der Waals surface area contributed by atoms with E-state index < -0.39 is 29.8 Å². The molecule has 5 rings (SSSR count). The summed E-state index contributed by atoms with van der Waals surface area (Å²) in [5.74, 6) is -7.81. The van der Waals surface area contributed by atoms with Crippen LogP contribution in [-0.4, -0.2) is 106 Å². The number of hydrogen-bond donors (Lipinski definition) is 15. The molecule has 0 fully saturated rings. The number of hydrogen-bond acceptors (Lipinski definition) is 15. The van der Waals surface area contributed by atoms with Crippen LogP contribution in [0.1, 0.15) is 27.8 Å². The molecule has 5 aromatic carbocycles. The second-order valence-corrected chi connectivity index (χ2v) is 12.1. The van der Waals surface area contributed by atoms with Crippen LogP contribution >= 0.6 is 0 Å². The first-order valence-electron chi connectivity index (χ1n) is 17.6. The number of aromatic hydroxyl groups is 10. The number of carbonyl (C=O) groups is 5. The number of aliphatic carboxylic acids is 5. The smallest absolute Gasteiger partial charge is 0.328 e. The summed E-state index contributed by atoms with van der Waals surface area (Å²) in [6, 6.07) is 20.3. The topological polar surface area (TPSA) is 389 Å². The van der Waals surface area contributed by atoms with Crippen molar-refractivity contribution >= 4 is 60.2 Å². The van der Waals surface area contributed by atoms with Crippen molar-refractivity contribution < 1.29 is 119 Å². The summed E-state index contributed by atoms with van der Waals surface area (Å²) in [5.41, 5.74) is 2.56. The zero-order chi connectivity index (χ0) is 49.2. The Bertz CT molecular complexity index is 2200. The first-order chi connectivity index (χ1) is 30.5. The van der Waals surface area contributed by atoms with Gasteiger partial charge in [0.2, 0.25) is 0 Å². The molecule has 0 heterocycles.